The van der Waals surface area contributed by atoms with Gasteiger partial charge in [-0.05, 0) is 54.1 Å². The molecule has 0 aliphatic rings. The van der Waals surface area contributed by atoms with Crippen LogP contribution in [0.25, 0.3) is 10.8 Å². The Morgan fingerprint density at radius 2 is 1.90 bits per heavy atom. The van der Waals surface area contributed by atoms with E-state index >= 15 is 0 Å². The van der Waals surface area contributed by atoms with Gasteiger partial charge in [-0.3, -0.25) is 4.90 Å². The molecule has 0 bridgehead atoms. The Morgan fingerprint density at radius 3 is 2.58 bits per heavy atom. The predicted octanol–water partition coefficient (Wildman–Crippen LogP) is 5.51. The highest BCUT2D eigenvalue weighted by Gasteiger charge is 2.23. The number of thioether (sulfide) groups is 1. The summed E-state index contributed by atoms with van der Waals surface area (Å²) in [6.45, 7) is 2.88. The molecular weight excluding hydrogens is 496 g/mol. The van der Waals surface area contributed by atoms with Gasteiger partial charge in [0.05, 0.1) is 27.0 Å². The average molecular weight is 519 g/mol. The highest BCUT2D eigenvalue weighted by atomic mass is 79.9. The zero-order valence-electron chi connectivity index (χ0n) is 17.5. The third-order valence-electron chi connectivity index (χ3n) is 4.81. The summed E-state index contributed by atoms with van der Waals surface area (Å²) in [4.78, 5) is 3.13. The van der Waals surface area contributed by atoms with Crippen LogP contribution in [0.4, 0.5) is 0 Å². The summed E-state index contributed by atoms with van der Waals surface area (Å²) in [5.74, 6) is 2.61. The number of hydrogen-bond acceptors (Lipinski definition) is 8. The SMILES string of the molecule is CCC(c1nnc(SCc2nnc(-c3ccc(Br)s3)o2)n1Cc1ccccc1)N(C)C. The summed E-state index contributed by atoms with van der Waals surface area (Å²) in [7, 11) is 4.15. The Labute approximate surface area is 198 Å². The Balaban J connectivity index is 1.56. The van der Waals surface area contributed by atoms with Gasteiger partial charge in [0, 0.05) is 0 Å². The van der Waals surface area contributed by atoms with Gasteiger partial charge in [0.1, 0.15) is 0 Å². The first-order valence-corrected chi connectivity index (χ1v) is 12.5. The molecule has 0 fully saturated rings. The van der Waals surface area contributed by atoms with Crippen LogP contribution < -0.4 is 0 Å². The molecule has 0 aliphatic carbocycles. The van der Waals surface area contributed by atoms with Crippen LogP contribution in [-0.4, -0.2) is 44.0 Å². The fraction of sp³-hybridized carbons (Fsp3) is 0.333. The smallest absolute Gasteiger partial charge is 0.257 e. The monoisotopic (exact) mass is 518 g/mol. The minimum absolute atomic E-state index is 0.192. The van der Waals surface area contributed by atoms with Crippen LogP contribution in [0.1, 0.15) is 36.7 Å². The maximum absolute atomic E-state index is 5.86. The molecule has 10 heteroatoms. The lowest BCUT2D eigenvalue weighted by Crippen LogP contribution is -2.23. The molecule has 4 rings (SSSR count). The molecule has 0 N–H and O–H groups in total. The van der Waals surface area contributed by atoms with E-state index in [0.717, 1.165) is 26.1 Å². The van der Waals surface area contributed by atoms with E-state index in [1.165, 1.54) is 5.56 Å². The van der Waals surface area contributed by atoms with E-state index in [9.17, 15) is 0 Å². The van der Waals surface area contributed by atoms with Crippen molar-refractivity contribution in [1.29, 1.82) is 0 Å². The zero-order valence-corrected chi connectivity index (χ0v) is 20.7. The van der Waals surface area contributed by atoms with E-state index in [2.05, 4.69) is 91.1 Å². The van der Waals surface area contributed by atoms with Gasteiger partial charge in [0.25, 0.3) is 5.89 Å². The molecule has 0 spiro atoms. The lowest BCUT2D eigenvalue weighted by Gasteiger charge is -2.23. The van der Waals surface area contributed by atoms with Crippen molar-refractivity contribution in [2.24, 2.45) is 0 Å². The van der Waals surface area contributed by atoms with Gasteiger partial charge >= 0.3 is 0 Å². The van der Waals surface area contributed by atoms with Crippen LogP contribution in [0.2, 0.25) is 0 Å². The van der Waals surface area contributed by atoms with Crippen LogP contribution in [0, 0.1) is 0 Å². The molecule has 1 atom stereocenters. The summed E-state index contributed by atoms with van der Waals surface area (Å²) in [5, 5.41) is 18.3. The van der Waals surface area contributed by atoms with Crippen molar-refractivity contribution in [3.63, 3.8) is 0 Å². The average Bonchev–Trinajstić information content (AvgIpc) is 3.49. The van der Waals surface area contributed by atoms with Gasteiger partial charge in [-0.25, -0.2) is 0 Å². The van der Waals surface area contributed by atoms with Gasteiger partial charge in [0.2, 0.25) is 5.89 Å². The van der Waals surface area contributed by atoms with Crippen LogP contribution in [0.3, 0.4) is 0 Å². The second-order valence-corrected chi connectivity index (χ2v) is 10.6. The van der Waals surface area contributed by atoms with Crippen LogP contribution in [0.15, 0.2) is 55.8 Å². The number of halogens is 1. The van der Waals surface area contributed by atoms with E-state index in [1.807, 2.05) is 18.2 Å². The first kappa shape index (κ1) is 22.2. The summed E-state index contributed by atoms with van der Waals surface area (Å²) in [6, 6.07) is 14.5. The Kier molecular flexibility index (Phi) is 7.21. The second kappa shape index (κ2) is 10.1. The van der Waals surface area contributed by atoms with Crippen molar-refractivity contribution in [1.82, 2.24) is 29.9 Å². The van der Waals surface area contributed by atoms with Crippen LogP contribution in [0.5, 0.6) is 0 Å². The van der Waals surface area contributed by atoms with Crippen molar-refractivity contribution in [3.05, 3.63) is 63.5 Å². The Morgan fingerprint density at radius 1 is 1.10 bits per heavy atom. The maximum atomic E-state index is 5.86. The first-order chi connectivity index (χ1) is 15.0. The van der Waals surface area contributed by atoms with E-state index in [4.69, 9.17) is 4.42 Å². The fourth-order valence-electron chi connectivity index (χ4n) is 3.31. The molecular formula is C21H23BrN6OS2. The molecule has 4 aromatic rings. The summed E-state index contributed by atoms with van der Waals surface area (Å²) in [6.07, 6.45) is 0.952. The molecule has 162 valence electrons. The Bertz CT molecular complexity index is 1120. The molecule has 0 radical (unpaired) electrons. The third kappa shape index (κ3) is 5.25. The first-order valence-electron chi connectivity index (χ1n) is 9.89. The topological polar surface area (TPSA) is 72.9 Å². The molecule has 3 heterocycles. The molecule has 31 heavy (non-hydrogen) atoms. The van der Waals surface area contributed by atoms with Crippen molar-refractivity contribution < 1.29 is 4.42 Å². The second-order valence-electron chi connectivity index (χ2n) is 7.19. The molecule has 0 saturated carbocycles. The number of thiophene rings is 1. The van der Waals surface area contributed by atoms with Gasteiger partial charge in [0.15, 0.2) is 11.0 Å². The van der Waals surface area contributed by atoms with E-state index < -0.39 is 0 Å². The standard InChI is InChI=1S/C21H23BrN6OS2/c1-4-15(27(2)3)19-24-26-21(28(19)12-14-8-6-5-7-9-14)30-13-18-23-25-20(29-18)16-10-11-17(22)31-16/h5-11,15H,4,12-13H2,1-3H3. The van der Waals surface area contributed by atoms with E-state index in [1.54, 1.807) is 23.1 Å². The molecule has 1 aromatic carbocycles. The summed E-state index contributed by atoms with van der Waals surface area (Å²) in [5.41, 5.74) is 1.21. The number of hydrogen-bond donors (Lipinski definition) is 0. The highest BCUT2D eigenvalue weighted by Crippen LogP contribution is 2.32. The third-order valence-corrected chi connectivity index (χ3v) is 7.38. The predicted molar refractivity (Wildman–Crippen MR) is 127 cm³/mol. The van der Waals surface area contributed by atoms with Crippen molar-refractivity contribution in [3.8, 4) is 10.8 Å². The van der Waals surface area contributed by atoms with Gasteiger partial charge in [-0.2, -0.15) is 0 Å². The largest absolute Gasteiger partial charge is 0.419 e. The molecule has 7 nitrogen and oxygen atoms in total. The maximum Gasteiger partial charge on any atom is 0.257 e. The molecule has 0 saturated heterocycles. The van der Waals surface area contributed by atoms with E-state index in [0.29, 0.717) is 24.1 Å². The highest BCUT2D eigenvalue weighted by molar-refractivity contribution is 9.11. The quantitative estimate of drug-likeness (QED) is 0.270. The van der Waals surface area contributed by atoms with Gasteiger partial charge in [-0.1, -0.05) is 49.0 Å². The van der Waals surface area contributed by atoms with Crippen molar-refractivity contribution in [2.75, 3.05) is 14.1 Å². The number of nitrogens with zero attached hydrogens (tertiary/aromatic N) is 6. The summed E-state index contributed by atoms with van der Waals surface area (Å²) < 4.78 is 9.09. The van der Waals surface area contributed by atoms with Gasteiger partial charge in [-0.15, -0.1) is 31.7 Å². The molecule has 0 aliphatic heterocycles. The van der Waals surface area contributed by atoms with Crippen LogP contribution in [-0.2, 0) is 12.3 Å². The van der Waals surface area contributed by atoms with E-state index in [-0.39, 0.29) is 6.04 Å². The van der Waals surface area contributed by atoms with Gasteiger partial charge < -0.3 is 8.98 Å². The zero-order chi connectivity index (χ0) is 21.8. The number of aromatic nitrogens is 5. The molecule has 0 amide bonds. The fourth-order valence-corrected chi connectivity index (χ4v) is 5.40. The minimum Gasteiger partial charge on any atom is -0.419 e. The van der Waals surface area contributed by atoms with Crippen molar-refractivity contribution in [2.45, 2.75) is 36.8 Å². The number of rotatable bonds is 9. The minimum atomic E-state index is 0.192. The number of benzene rings is 1. The normalized spacial score (nSPS) is 12.5. The summed E-state index contributed by atoms with van der Waals surface area (Å²) >= 11 is 6.59. The Hall–Kier alpha value is -2.01. The lowest BCUT2D eigenvalue weighted by molar-refractivity contribution is 0.272. The lowest BCUT2D eigenvalue weighted by atomic mass is 10.2. The van der Waals surface area contributed by atoms with Crippen LogP contribution >= 0.6 is 39.0 Å². The van der Waals surface area contributed by atoms with Crippen molar-refractivity contribution >= 4 is 39.0 Å². The molecule has 3 aromatic heterocycles. The molecule has 1 unspecified atom stereocenters.